The molecule has 0 saturated carbocycles. The Hall–Kier alpha value is -2.96. The average Bonchev–Trinajstić information content (AvgIpc) is 3.15. The first kappa shape index (κ1) is 22.7. The zero-order valence-corrected chi connectivity index (χ0v) is 19.5. The first-order valence-corrected chi connectivity index (χ1v) is 10.7. The van der Waals surface area contributed by atoms with Crippen molar-refractivity contribution in [2.75, 3.05) is 5.73 Å². The van der Waals surface area contributed by atoms with Gasteiger partial charge in [-0.1, -0.05) is 91.0 Å². The summed E-state index contributed by atoms with van der Waals surface area (Å²) in [4.78, 5) is 20.7. The van der Waals surface area contributed by atoms with Crippen LogP contribution in [0.25, 0.3) is 11.3 Å². The number of aromatic nitrogens is 1. The van der Waals surface area contributed by atoms with Crippen LogP contribution in [0.2, 0.25) is 0 Å². The summed E-state index contributed by atoms with van der Waals surface area (Å²) in [6.07, 6.45) is 0.277. The summed E-state index contributed by atoms with van der Waals surface area (Å²) in [6, 6.07) is 30.0. The Balaban J connectivity index is 0.00000272. The predicted molar refractivity (Wildman–Crippen MR) is 133 cm³/mol. The number of nitrogens with two attached hydrogens (primary N) is 1. The molecular formula is C25H24BrN3OS. The van der Waals surface area contributed by atoms with Gasteiger partial charge in [0, 0.05) is 23.5 Å². The fraction of sp³-hybridized carbons (Fsp3) is 0.120. The van der Waals surface area contributed by atoms with Crippen LogP contribution in [0.15, 0.2) is 91.0 Å². The van der Waals surface area contributed by atoms with Crippen molar-refractivity contribution in [2.24, 2.45) is 0 Å². The first-order valence-electron chi connectivity index (χ1n) is 9.85. The van der Waals surface area contributed by atoms with Gasteiger partial charge < -0.3 is 10.6 Å². The van der Waals surface area contributed by atoms with Crippen molar-refractivity contribution in [1.29, 1.82) is 0 Å². The Morgan fingerprint density at radius 2 is 1.29 bits per heavy atom. The van der Waals surface area contributed by atoms with Crippen molar-refractivity contribution >= 4 is 39.4 Å². The summed E-state index contributed by atoms with van der Waals surface area (Å²) in [5, 5.41) is 0.481. The lowest BCUT2D eigenvalue weighted by atomic mass is 10.1. The third-order valence-corrected chi connectivity index (χ3v) is 5.74. The molecular weight excluding hydrogens is 470 g/mol. The topological polar surface area (TPSA) is 59.2 Å². The lowest BCUT2D eigenvalue weighted by Crippen LogP contribution is -2.31. The molecule has 0 atom stereocenters. The van der Waals surface area contributed by atoms with E-state index < -0.39 is 0 Å². The van der Waals surface area contributed by atoms with Crippen molar-refractivity contribution in [2.45, 2.75) is 19.5 Å². The molecule has 4 nitrogen and oxygen atoms in total. The van der Waals surface area contributed by atoms with Crippen LogP contribution < -0.4 is 5.73 Å². The Labute approximate surface area is 197 Å². The van der Waals surface area contributed by atoms with Gasteiger partial charge >= 0.3 is 0 Å². The number of amides is 1. The van der Waals surface area contributed by atoms with Crippen LogP contribution in [0.1, 0.15) is 16.0 Å². The molecule has 3 aromatic carbocycles. The molecule has 4 rings (SSSR count). The average molecular weight is 494 g/mol. The summed E-state index contributed by atoms with van der Waals surface area (Å²) in [5.74, 6) is 0.0588. The van der Waals surface area contributed by atoms with Crippen LogP contribution in [-0.4, -0.2) is 15.8 Å². The highest BCUT2D eigenvalue weighted by Gasteiger charge is 2.20. The largest absolute Gasteiger partial charge is 0.375 e. The van der Waals surface area contributed by atoms with Gasteiger partial charge in [0.05, 0.1) is 12.1 Å². The van der Waals surface area contributed by atoms with Gasteiger partial charge in [-0.25, -0.2) is 4.98 Å². The second kappa shape index (κ2) is 10.9. The summed E-state index contributed by atoms with van der Waals surface area (Å²) < 4.78 is 0. The van der Waals surface area contributed by atoms with Gasteiger partial charge in [-0.3, -0.25) is 4.79 Å². The van der Waals surface area contributed by atoms with Gasteiger partial charge in [0.25, 0.3) is 0 Å². The zero-order valence-electron chi connectivity index (χ0n) is 17.0. The molecule has 0 fully saturated rings. The lowest BCUT2D eigenvalue weighted by molar-refractivity contribution is -0.131. The van der Waals surface area contributed by atoms with Crippen molar-refractivity contribution < 1.29 is 4.79 Å². The lowest BCUT2D eigenvalue weighted by Gasteiger charge is -2.23. The van der Waals surface area contributed by atoms with Crippen molar-refractivity contribution in [3.05, 3.63) is 107 Å². The monoisotopic (exact) mass is 493 g/mol. The number of rotatable bonds is 7. The summed E-state index contributed by atoms with van der Waals surface area (Å²) >= 11 is 1.39. The number of carbonyl (C=O) groups excluding carboxylic acids is 1. The Morgan fingerprint density at radius 3 is 1.81 bits per heavy atom. The van der Waals surface area contributed by atoms with E-state index in [1.807, 2.05) is 95.9 Å². The van der Waals surface area contributed by atoms with E-state index in [0.29, 0.717) is 18.2 Å². The van der Waals surface area contributed by atoms with E-state index in [9.17, 15) is 4.79 Å². The smallest absolute Gasteiger partial charge is 0.228 e. The van der Waals surface area contributed by atoms with Crippen LogP contribution in [-0.2, 0) is 24.3 Å². The molecule has 1 heterocycles. The Bertz CT molecular complexity index is 1060. The second-order valence-electron chi connectivity index (χ2n) is 7.09. The van der Waals surface area contributed by atoms with Crippen LogP contribution in [0.5, 0.6) is 0 Å². The fourth-order valence-corrected chi connectivity index (χ4v) is 4.25. The normalized spacial score (nSPS) is 10.3. The number of anilines is 1. The van der Waals surface area contributed by atoms with Crippen LogP contribution in [0.3, 0.4) is 0 Å². The SMILES string of the molecule is Br.Nc1nc(-c2ccccc2)c(CC(=O)N(Cc2ccccc2)Cc2ccccc2)s1. The van der Waals surface area contributed by atoms with Crippen LogP contribution in [0, 0.1) is 0 Å². The molecule has 1 amide bonds. The molecule has 0 spiro atoms. The molecule has 0 aliphatic rings. The van der Waals surface area contributed by atoms with Crippen molar-refractivity contribution in [3.8, 4) is 11.3 Å². The van der Waals surface area contributed by atoms with E-state index in [0.717, 1.165) is 27.3 Å². The molecule has 0 unspecified atom stereocenters. The molecule has 0 aliphatic heterocycles. The molecule has 0 saturated heterocycles. The molecule has 31 heavy (non-hydrogen) atoms. The van der Waals surface area contributed by atoms with E-state index >= 15 is 0 Å². The highest BCUT2D eigenvalue weighted by molar-refractivity contribution is 8.93. The van der Waals surface area contributed by atoms with Crippen LogP contribution in [0.4, 0.5) is 5.13 Å². The van der Waals surface area contributed by atoms with Gasteiger partial charge in [0.15, 0.2) is 5.13 Å². The summed E-state index contributed by atoms with van der Waals surface area (Å²) in [7, 11) is 0. The van der Waals surface area contributed by atoms with Gasteiger partial charge in [-0.05, 0) is 11.1 Å². The minimum atomic E-state index is 0. The third-order valence-electron chi connectivity index (χ3n) is 4.86. The highest BCUT2D eigenvalue weighted by Crippen LogP contribution is 2.30. The third kappa shape index (κ3) is 6.03. The minimum Gasteiger partial charge on any atom is -0.375 e. The number of carbonyl (C=O) groups is 1. The van der Waals surface area contributed by atoms with E-state index in [1.165, 1.54) is 11.3 Å². The number of nitrogens with zero attached hydrogens (tertiary/aromatic N) is 2. The number of halogens is 1. The maximum absolute atomic E-state index is 13.4. The molecule has 2 N–H and O–H groups in total. The quantitative estimate of drug-likeness (QED) is 0.356. The fourth-order valence-electron chi connectivity index (χ4n) is 3.40. The molecule has 6 heteroatoms. The predicted octanol–water partition coefficient (Wildman–Crippen LogP) is 5.74. The molecule has 0 bridgehead atoms. The zero-order chi connectivity index (χ0) is 20.8. The highest BCUT2D eigenvalue weighted by atomic mass is 79.9. The number of hydrogen-bond donors (Lipinski definition) is 1. The van der Waals surface area contributed by atoms with Crippen molar-refractivity contribution in [1.82, 2.24) is 9.88 Å². The van der Waals surface area contributed by atoms with Gasteiger partial charge in [-0.15, -0.1) is 28.3 Å². The van der Waals surface area contributed by atoms with Crippen molar-refractivity contribution in [3.63, 3.8) is 0 Å². The standard InChI is InChI=1S/C25H23N3OS.BrH/c26-25-27-24(21-14-8-3-9-15-21)22(30-25)16-23(29)28(17-19-10-4-1-5-11-19)18-20-12-6-2-7-13-20;/h1-15H,16-18H2,(H2,26,27);1H. The van der Waals surface area contributed by atoms with Gasteiger partial charge in [0.2, 0.25) is 5.91 Å². The number of hydrogen-bond acceptors (Lipinski definition) is 4. The molecule has 158 valence electrons. The maximum Gasteiger partial charge on any atom is 0.228 e. The molecule has 0 radical (unpaired) electrons. The van der Waals surface area contributed by atoms with Crippen LogP contribution >= 0.6 is 28.3 Å². The Kier molecular flexibility index (Phi) is 7.98. The second-order valence-corrected chi connectivity index (χ2v) is 8.20. The van der Waals surface area contributed by atoms with E-state index in [1.54, 1.807) is 0 Å². The molecule has 4 aromatic rings. The summed E-state index contributed by atoms with van der Waals surface area (Å²) in [6.45, 7) is 1.12. The van der Waals surface area contributed by atoms with E-state index in [2.05, 4.69) is 4.98 Å². The first-order chi connectivity index (χ1) is 14.7. The number of benzene rings is 3. The number of nitrogen functional groups attached to an aromatic ring is 1. The summed E-state index contributed by atoms with van der Waals surface area (Å²) in [5.41, 5.74) is 9.98. The maximum atomic E-state index is 13.4. The molecule has 1 aromatic heterocycles. The minimum absolute atomic E-state index is 0. The van der Waals surface area contributed by atoms with E-state index in [-0.39, 0.29) is 29.3 Å². The molecule has 0 aliphatic carbocycles. The Morgan fingerprint density at radius 1 is 0.806 bits per heavy atom. The number of thiazole rings is 1. The van der Waals surface area contributed by atoms with Gasteiger partial charge in [-0.2, -0.15) is 0 Å². The van der Waals surface area contributed by atoms with Gasteiger partial charge in [0.1, 0.15) is 0 Å². The van der Waals surface area contributed by atoms with E-state index in [4.69, 9.17) is 5.73 Å².